The number of rotatable bonds is 3. The highest BCUT2D eigenvalue weighted by Gasteiger charge is 2.24. The van der Waals surface area contributed by atoms with Crippen molar-refractivity contribution in [3.8, 4) is 22.5 Å². The highest BCUT2D eigenvalue weighted by molar-refractivity contribution is 6.00. The minimum atomic E-state index is -0.323. The summed E-state index contributed by atoms with van der Waals surface area (Å²) in [6.07, 6.45) is 4.99. The van der Waals surface area contributed by atoms with E-state index < -0.39 is 0 Å². The molecule has 0 aliphatic carbocycles. The van der Waals surface area contributed by atoms with Crippen molar-refractivity contribution in [2.24, 2.45) is 7.05 Å². The molecule has 1 aliphatic rings. The Labute approximate surface area is 161 Å². The van der Waals surface area contributed by atoms with Gasteiger partial charge < -0.3 is 4.74 Å². The number of aryl methyl sites for hydroxylation is 1. The van der Waals surface area contributed by atoms with E-state index in [9.17, 15) is 4.79 Å². The molecule has 1 aliphatic heterocycles. The van der Waals surface area contributed by atoms with Crippen molar-refractivity contribution in [2.75, 3.05) is 18.1 Å². The molecule has 0 N–H and O–H groups in total. The third kappa shape index (κ3) is 2.68. The molecule has 1 amide bonds. The lowest BCUT2D eigenvalue weighted by Crippen LogP contribution is -2.23. The number of nitrogens with zero attached hydrogens (tertiary/aromatic N) is 5. The molecule has 1 aromatic carbocycles. The topological polar surface area (TPSA) is 73.1 Å². The van der Waals surface area contributed by atoms with Crippen molar-refractivity contribution in [3.63, 3.8) is 0 Å². The average molecular weight is 371 g/mol. The fourth-order valence-corrected chi connectivity index (χ4v) is 3.54. The standard InChI is InChI=1S/C21H17N5O2/c1-25-20(6-9-23-25)19-13-17(14-4-7-22-8-5-14)16-3-2-15(12-18(16)24-19)26-10-11-28-21(26)27/h2-9,12-13H,10-11H2,1H3. The van der Waals surface area contributed by atoms with E-state index in [1.54, 1.807) is 28.2 Å². The molecule has 4 heterocycles. The van der Waals surface area contributed by atoms with Crippen molar-refractivity contribution >= 4 is 22.7 Å². The van der Waals surface area contributed by atoms with E-state index >= 15 is 0 Å². The first-order chi connectivity index (χ1) is 13.7. The molecule has 4 aromatic rings. The van der Waals surface area contributed by atoms with Gasteiger partial charge in [0.2, 0.25) is 0 Å². The number of carbonyl (C=O) groups is 1. The molecule has 0 unspecified atom stereocenters. The monoisotopic (exact) mass is 371 g/mol. The summed E-state index contributed by atoms with van der Waals surface area (Å²) < 4.78 is 6.87. The number of fused-ring (bicyclic) bond motifs is 1. The van der Waals surface area contributed by atoms with Gasteiger partial charge in [-0.2, -0.15) is 5.10 Å². The molecule has 1 fully saturated rings. The quantitative estimate of drug-likeness (QED) is 0.550. The number of aromatic nitrogens is 4. The van der Waals surface area contributed by atoms with E-state index in [2.05, 4.69) is 16.1 Å². The maximum absolute atomic E-state index is 12.0. The zero-order chi connectivity index (χ0) is 19.1. The van der Waals surface area contributed by atoms with Crippen LogP contribution in [0.2, 0.25) is 0 Å². The van der Waals surface area contributed by atoms with Crippen molar-refractivity contribution < 1.29 is 9.53 Å². The fourth-order valence-electron chi connectivity index (χ4n) is 3.54. The summed E-state index contributed by atoms with van der Waals surface area (Å²) in [7, 11) is 1.89. The minimum Gasteiger partial charge on any atom is -0.447 e. The molecule has 7 nitrogen and oxygen atoms in total. The van der Waals surface area contributed by atoms with Crippen LogP contribution in [0.1, 0.15) is 0 Å². The molecule has 3 aromatic heterocycles. The highest BCUT2D eigenvalue weighted by Crippen LogP contribution is 2.34. The van der Waals surface area contributed by atoms with Gasteiger partial charge in [-0.15, -0.1) is 0 Å². The van der Waals surface area contributed by atoms with Gasteiger partial charge in [0.05, 0.1) is 23.4 Å². The van der Waals surface area contributed by atoms with E-state index in [4.69, 9.17) is 9.72 Å². The molecule has 5 rings (SSSR count). The van der Waals surface area contributed by atoms with Crippen LogP contribution in [0.4, 0.5) is 10.5 Å². The molecule has 0 bridgehead atoms. The van der Waals surface area contributed by atoms with E-state index in [1.165, 1.54) is 0 Å². The Balaban J connectivity index is 1.75. The first-order valence-electron chi connectivity index (χ1n) is 8.98. The molecule has 0 atom stereocenters. The molecular formula is C21H17N5O2. The number of benzene rings is 1. The largest absolute Gasteiger partial charge is 0.447 e. The molecule has 0 radical (unpaired) electrons. The van der Waals surface area contributed by atoms with E-state index in [0.29, 0.717) is 13.2 Å². The maximum atomic E-state index is 12.0. The first kappa shape index (κ1) is 16.4. The molecular weight excluding hydrogens is 354 g/mol. The number of cyclic esters (lactones) is 1. The average Bonchev–Trinajstić information content (AvgIpc) is 3.35. The van der Waals surface area contributed by atoms with Crippen LogP contribution >= 0.6 is 0 Å². The predicted molar refractivity (Wildman–Crippen MR) is 106 cm³/mol. The summed E-state index contributed by atoms with van der Waals surface area (Å²) in [5.74, 6) is 0. The van der Waals surface area contributed by atoms with Gasteiger partial charge in [0, 0.05) is 36.7 Å². The van der Waals surface area contributed by atoms with Gasteiger partial charge in [-0.05, 0) is 47.5 Å². The highest BCUT2D eigenvalue weighted by atomic mass is 16.6. The van der Waals surface area contributed by atoms with E-state index in [-0.39, 0.29) is 6.09 Å². The Hall–Kier alpha value is -3.74. The van der Waals surface area contributed by atoms with Gasteiger partial charge in [-0.25, -0.2) is 9.78 Å². The molecule has 0 saturated carbocycles. The smallest absolute Gasteiger partial charge is 0.414 e. The van der Waals surface area contributed by atoms with Crippen molar-refractivity contribution in [1.82, 2.24) is 19.7 Å². The summed E-state index contributed by atoms with van der Waals surface area (Å²) in [6.45, 7) is 0.949. The Morgan fingerprint density at radius 2 is 1.89 bits per heavy atom. The predicted octanol–water partition coefficient (Wildman–Crippen LogP) is 3.65. The minimum absolute atomic E-state index is 0.323. The Kier molecular flexibility index (Phi) is 3.79. The van der Waals surface area contributed by atoms with Gasteiger partial charge >= 0.3 is 6.09 Å². The Morgan fingerprint density at radius 1 is 1.04 bits per heavy atom. The molecule has 138 valence electrons. The van der Waals surface area contributed by atoms with Gasteiger partial charge in [0.25, 0.3) is 0 Å². The second-order valence-corrected chi connectivity index (χ2v) is 6.60. The molecule has 1 saturated heterocycles. The number of anilines is 1. The SMILES string of the molecule is Cn1nccc1-c1cc(-c2ccncc2)c2ccc(N3CCOC3=O)cc2n1. The third-order valence-corrected chi connectivity index (χ3v) is 4.94. The normalized spacial score (nSPS) is 13.9. The van der Waals surface area contributed by atoms with Gasteiger partial charge in [0.1, 0.15) is 6.61 Å². The summed E-state index contributed by atoms with van der Waals surface area (Å²) >= 11 is 0. The molecule has 0 spiro atoms. The van der Waals surface area contributed by atoms with Gasteiger partial charge in [-0.3, -0.25) is 14.6 Å². The van der Waals surface area contributed by atoms with E-state index in [1.807, 2.05) is 43.4 Å². The van der Waals surface area contributed by atoms with Crippen molar-refractivity contribution in [3.05, 3.63) is 61.1 Å². The number of hydrogen-bond donors (Lipinski definition) is 0. The van der Waals surface area contributed by atoms with Gasteiger partial charge in [0.15, 0.2) is 0 Å². The summed E-state index contributed by atoms with van der Waals surface area (Å²) in [5.41, 5.74) is 5.44. The summed E-state index contributed by atoms with van der Waals surface area (Å²) in [4.78, 5) is 22.6. The van der Waals surface area contributed by atoms with Crippen molar-refractivity contribution in [2.45, 2.75) is 0 Å². The van der Waals surface area contributed by atoms with Gasteiger partial charge in [-0.1, -0.05) is 6.07 Å². The van der Waals surface area contributed by atoms with Crippen molar-refractivity contribution in [1.29, 1.82) is 0 Å². The lowest BCUT2D eigenvalue weighted by molar-refractivity contribution is 0.181. The van der Waals surface area contributed by atoms with Crippen LogP contribution in [0.3, 0.4) is 0 Å². The number of amides is 1. The lowest BCUT2D eigenvalue weighted by atomic mass is 10.00. The molecule has 28 heavy (non-hydrogen) atoms. The van der Waals surface area contributed by atoms with Crippen LogP contribution in [0.15, 0.2) is 61.1 Å². The van der Waals surface area contributed by atoms with Crippen LogP contribution < -0.4 is 4.90 Å². The third-order valence-electron chi connectivity index (χ3n) is 4.94. The number of carbonyl (C=O) groups excluding carboxylic acids is 1. The number of pyridine rings is 2. The zero-order valence-corrected chi connectivity index (χ0v) is 15.2. The van der Waals surface area contributed by atoms with Crippen LogP contribution in [-0.4, -0.2) is 39.0 Å². The first-order valence-corrected chi connectivity index (χ1v) is 8.98. The van der Waals surface area contributed by atoms with Crippen LogP contribution in [0.5, 0.6) is 0 Å². The molecule has 7 heteroatoms. The summed E-state index contributed by atoms with van der Waals surface area (Å²) in [6, 6.07) is 13.8. The Morgan fingerprint density at radius 3 is 2.61 bits per heavy atom. The fraction of sp³-hybridized carbons (Fsp3) is 0.143. The second-order valence-electron chi connectivity index (χ2n) is 6.60. The van der Waals surface area contributed by atoms with Crippen LogP contribution in [-0.2, 0) is 11.8 Å². The zero-order valence-electron chi connectivity index (χ0n) is 15.2. The van der Waals surface area contributed by atoms with E-state index in [0.717, 1.165) is 39.1 Å². The Bertz CT molecular complexity index is 1190. The summed E-state index contributed by atoms with van der Waals surface area (Å²) in [5, 5.41) is 5.27. The number of hydrogen-bond acceptors (Lipinski definition) is 5. The number of ether oxygens (including phenoxy) is 1. The second kappa shape index (κ2) is 6.45. The maximum Gasteiger partial charge on any atom is 0.414 e. The lowest BCUT2D eigenvalue weighted by Gasteiger charge is -2.15. The van der Waals surface area contributed by atoms with Crippen LogP contribution in [0.25, 0.3) is 33.4 Å². The van der Waals surface area contributed by atoms with Crippen LogP contribution in [0, 0.1) is 0 Å².